The smallest absolute Gasteiger partial charge is 0.317 e. The Bertz CT molecular complexity index is 462. The van der Waals surface area contributed by atoms with E-state index in [2.05, 4.69) is 12.2 Å². The van der Waals surface area contributed by atoms with Crippen molar-refractivity contribution in [2.45, 2.75) is 45.1 Å². The van der Waals surface area contributed by atoms with E-state index in [4.69, 9.17) is 5.11 Å². The maximum Gasteiger partial charge on any atom is 0.317 e. The van der Waals surface area contributed by atoms with Crippen LogP contribution >= 0.6 is 0 Å². The van der Waals surface area contributed by atoms with Gasteiger partial charge >= 0.3 is 12.0 Å². The minimum Gasteiger partial charge on any atom is -0.481 e. The van der Waals surface area contributed by atoms with Gasteiger partial charge in [0.2, 0.25) is 0 Å². The normalized spacial score (nSPS) is 11.7. The highest BCUT2D eigenvalue weighted by Gasteiger charge is 2.16. The molecule has 2 N–H and O–H groups in total. The molecule has 122 valence electrons. The van der Waals surface area contributed by atoms with Gasteiger partial charge in [-0.15, -0.1) is 0 Å². The van der Waals surface area contributed by atoms with Crippen LogP contribution in [0.1, 0.15) is 38.2 Å². The van der Waals surface area contributed by atoms with Gasteiger partial charge < -0.3 is 15.3 Å². The Labute approximate surface area is 132 Å². The number of urea groups is 1. The summed E-state index contributed by atoms with van der Waals surface area (Å²) in [6.07, 6.45) is 3.11. The van der Waals surface area contributed by atoms with Crippen molar-refractivity contribution in [1.29, 1.82) is 0 Å². The van der Waals surface area contributed by atoms with Crippen LogP contribution in [0.3, 0.4) is 0 Å². The molecule has 5 heteroatoms. The van der Waals surface area contributed by atoms with Crippen LogP contribution in [0.25, 0.3) is 0 Å². The SMILES string of the molecule is CCCCN(C)C(=O)NC(CCC(=O)O)Cc1ccccc1. The van der Waals surface area contributed by atoms with Crippen molar-refractivity contribution in [3.63, 3.8) is 0 Å². The molecule has 0 aliphatic heterocycles. The first kappa shape index (κ1) is 18.0. The van der Waals surface area contributed by atoms with E-state index < -0.39 is 5.97 Å². The number of nitrogens with one attached hydrogen (secondary N) is 1. The standard InChI is InChI=1S/C17H26N2O3/c1-3-4-12-19(2)17(22)18-15(10-11-16(20)21)13-14-8-6-5-7-9-14/h5-9,15H,3-4,10-13H2,1-2H3,(H,18,22)(H,20,21). The van der Waals surface area contributed by atoms with E-state index in [0.717, 1.165) is 18.4 Å². The van der Waals surface area contributed by atoms with Gasteiger partial charge in [0, 0.05) is 26.1 Å². The second-order valence-corrected chi connectivity index (χ2v) is 5.54. The van der Waals surface area contributed by atoms with Crippen LogP contribution < -0.4 is 5.32 Å². The van der Waals surface area contributed by atoms with Crippen LogP contribution in [0.5, 0.6) is 0 Å². The van der Waals surface area contributed by atoms with E-state index >= 15 is 0 Å². The number of carbonyl (C=O) groups excluding carboxylic acids is 1. The van der Waals surface area contributed by atoms with E-state index in [1.54, 1.807) is 11.9 Å². The monoisotopic (exact) mass is 306 g/mol. The van der Waals surface area contributed by atoms with Gasteiger partial charge in [-0.3, -0.25) is 4.79 Å². The van der Waals surface area contributed by atoms with Crippen molar-refractivity contribution in [2.24, 2.45) is 0 Å². The molecule has 1 aromatic rings. The van der Waals surface area contributed by atoms with Gasteiger partial charge in [0.05, 0.1) is 0 Å². The molecule has 22 heavy (non-hydrogen) atoms. The van der Waals surface area contributed by atoms with Gasteiger partial charge in [0.25, 0.3) is 0 Å². The fraction of sp³-hybridized carbons (Fsp3) is 0.529. The molecule has 0 fully saturated rings. The van der Waals surface area contributed by atoms with Gasteiger partial charge in [-0.2, -0.15) is 0 Å². The maximum atomic E-state index is 12.2. The van der Waals surface area contributed by atoms with Crippen molar-refractivity contribution in [3.8, 4) is 0 Å². The highest BCUT2D eigenvalue weighted by Crippen LogP contribution is 2.08. The number of unbranched alkanes of at least 4 members (excludes halogenated alkanes) is 1. The number of carboxylic acid groups (broad SMARTS) is 1. The number of hydrogen-bond donors (Lipinski definition) is 2. The predicted molar refractivity (Wildman–Crippen MR) is 86.9 cm³/mol. The molecule has 0 aromatic heterocycles. The Morgan fingerprint density at radius 3 is 2.55 bits per heavy atom. The summed E-state index contributed by atoms with van der Waals surface area (Å²) in [6, 6.07) is 9.49. The molecular formula is C17H26N2O3. The van der Waals surface area contributed by atoms with Crippen LogP contribution in [-0.2, 0) is 11.2 Å². The van der Waals surface area contributed by atoms with E-state index in [0.29, 0.717) is 19.4 Å². The molecule has 1 rings (SSSR count). The number of hydrogen-bond acceptors (Lipinski definition) is 2. The first-order valence-electron chi connectivity index (χ1n) is 7.80. The van der Waals surface area contributed by atoms with Crippen LogP contribution in [0.4, 0.5) is 4.79 Å². The van der Waals surface area contributed by atoms with Gasteiger partial charge in [-0.25, -0.2) is 4.79 Å². The lowest BCUT2D eigenvalue weighted by Gasteiger charge is -2.23. The number of carboxylic acids is 1. The van der Waals surface area contributed by atoms with Crippen LogP contribution in [0.2, 0.25) is 0 Å². The Morgan fingerprint density at radius 2 is 1.95 bits per heavy atom. The summed E-state index contributed by atoms with van der Waals surface area (Å²) in [5.74, 6) is -0.841. The summed E-state index contributed by atoms with van der Waals surface area (Å²) in [7, 11) is 1.77. The van der Waals surface area contributed by atoms with Crippen LogP contribution in [0, 0.1) is 0 Å². The van der Waals surface area contributed by atoms with Gasteiger partial charge in [-0.1, -0.05) is 43.7 Å². The molecule has 1 aromatic carbocycles. The van der Waals surface area contributed by atoms with Gasteiger partial charge in [0.15, 0.2) is 0 Å². The summed E-state index contributed by atoms with van der Waals surface area (Å²) in [4.78, 5) is 24.6. The molecular weight excluding hydrogens is 280 g/mol. The quantitative estimate of drug-likeness (QED) is 0.737. The third-order valence-corrected chi connectivity index (χ3v) is 3.55. The fourth-order valence-corrected chi connectivity index (χ4v) is 2.20. The number of rotatable bonds is 9. The van der Waals surface area contributed by atoms with E-state index in [1.807, 2.05) is 30.3 Å². The number of carbonyl (C=O) groups is 2. The summed E-state index contributed by atoms with van der Waals surface area (Å²) in [5, 5.41) is 11.8. The third kappa shape index (κ3) is 7.11. The molecule has 0 heterocycles. The van der Waals surface area contributed by atoms with Gasteiger partial charge in [0.1, 0.15) is 0 Å². The lowest BCUT2D eigenvalue weighted by atomic mass is 10.0. The predicted octanol–water partition coefficient (Wildman–Crippen LogP) is 2.90. The summed E-state index contributed by atoms with van der Waals surface area (Å²) in [6.45, 7) is 2.79. The van der Waals surface area contributed by atoms with Crippen LogP contribution in [-0.4, -0.2) is 41.6 Å². The number of benzene rings is 1. The number of nitrogens with zero attached hydrogens (tertiary/aromatic N) is 1. The number of amides is 2. The molecule has 0 bridgehead atoms. The molecule has 1 unspecified atom stereocenters. The Morgan fingerprint density at radius 1 is 1.27 bits per heavy atom. The largest absolute Gasteiger partial charge is 0.481 e. The topological polar surface area (TPSA) is 69.6 Å². The number of aliphatic carboxylic acids is 1. The zero-order valence-corrected chi connectivity index (χ0v) is 13.4. The first-order chi connectivity index (χ1) is 10.5. The molecule has 2 amide bonds. The minimum atomic E-state index is -0.841. The van der Waals surface area contributed by atoms with E-state index in [9.17, 15) is 9.59 Å². The van der Waals surface area contributed by atoms with Gasteiger partial charge in [-0.05, 0) is 24.8 Å². The fourth-order valence-electron chi connectivity index (χ4n) is 2.20. The Balaban J connectivity index is 2.60. The molecule has 0 radical (unpaired) electrons. The second-order valence-electron chi connectivity index (χ2n) is 5.54. The zero-order valence-electron chi connectivity index (χ0n) is 13.4. The van der Waals surface area contributed by atoms with E-state index in [1.165, 1.54) is 0 Å². The molecule has 5 nitrogen and oxygen atoms in total. The lowest BCUT2D eigenvalue weighted by molar-refractivity contribution is -0.137. The maximum absolute atomic E-state index is 12.2. The average molecular weight is 306 g/mol. The molecule has 1 atom stereocenters. The van der Waals surface area contributed by atoms with Crippen molar-refractivity contribution < 1.29 is 14.7 Å². The summed E-state index contributed by atoms with van der Waals surface area (Å²) in [5.41, 5.74) is 1.09. The summed E-state index contributed by atoms with van der Waals surface area (Å²) < 4.78 is 0. The van der Waals surface area contributed by atoms with E-state index in [-0.39, 0.29) is 18.5 Å². The Hall–Kier alpha value is -2.04. The molecule has 0 saturated heterocycles. The summed E-state index contributed by atoms with van der Waals surface area (Å²) >= 11 is 0. The molecule has 0 spiro atoms. The minimum absolute atomic E-state index is 0.0520. The van der Waals surface area contributed by atoms with Crippen molar-refractivity contribution >= 4 is 12.0 Å². The molecule has 0 aliphatic rings. The van der Waals surface area contributed by atoms with Crippen molar-refractivity contribution in [2.75, 3.05) is 13.6 Å². The van der Waals surface area contributed by atoms with Crippen molar-refractivity contribution in [1.82, 2.24) is 10.2 Å². The molecule has 0 aliphatic carbocycles. The first-order valence-corrected chi connectivity index (χ1v) is 7.80. The zero-order chi connectivity index (χ0) is 16.4. The highest BCUT2D eigenvalue weighted by molar-refractivity contribution is 5.74. The molecule has 0 saturated carbocycles. The lowest BCUT2D eigenvalue weighted by Crippen LogP contribution is -2.44. The van der Waals surface area contributed by atoms with Crippen LogP contribution in [0.15, 0.2) is 30.3 Å². The second kappa shape index (κ2) is 9.82. The third-order valence-electron chi connectivity index (χ3n) is 3.55. The average Bonchev–Trinajstić information content (AvgIpc) is 2.51. The highest BCUT2D eigenvalue weighted by atomic mass is 16.4. The Kier molecular flexibility index (Phi) is 8.04. The van der Waals surface area contributed by atoms with Crippen molar-refractivity contribution in [3.05, 3.63) is 35.9 Å².